The maximum atomic E-state index is 10.5. The van der Waals surface area contributed by atoms with E-state index in [1.54, 1.807) is 0 Å². The van der Waals surface area contributed by atoms with Crippen LogP contribution in [0.1, 0.15) is 30.6 Å². The van der Waals surface area contributed by atoms with E-state index in [0.717, 1.165) is 22.5 Å². The number of fused-ring (bicyclic) bond motifs is 1. The number of aliphatic imine (C=N–C) groups is 1. The normalized spacial score (nSPS) is 18.5. The molecule has 0 spiro atoms. The van der Waals surface area contributed by atoms with Gasteiger partial charge in [-0.25, -0.2) is 4.79 Å². The smallest absolute Gasteiger partial charge is 0.329 e. The Hall–Kier alpha value is -1.68. The van der Waals surface area contributed by atoms with Crippen molar-refractivity contribution in [2.24, 2.45) is 4.99 Å². The van der Waals surface area contributed by atoms with Gasteiger partial charge in [0, 0.05) is 17.7 Å². The lowest BCUT2D eigenvalue weighted by Gasteiger charge is -2.24. The van der Waals surface area contributed by atoms with E-state index in [1.165, 1.54) is 0 Å². The first-order valence-electron chi connectivity index (χ1n) is 5.55. The number of carboxylic acid groups (broad SMARTS) is 1. The summed E-state index contributed by atoms with van der Waals surface area (Å²) in [7, 11) is 0. The third-order valence-electron chi connectivity index (χ3n) is 2.81. The first-order valence-corrected chi connectivity index (χ1v) is 5.55. The van der Waals surface area contributed by atoms with Crippen LogP contribution >= 0.6 is 0 Å². The summed E-state index contributed by atoms with van der Waals surface area (Å²) in [4.78, 5) is 15.1. The molecular weight excluding hydrogens is 218 g/mol. The molecule has 0 radical (unpaired) electrons. The average Bonchev–Trinajstić information content (AvgIpc) is 2.27. The van der Waals surface area contributed by atoms with Gasteiger partial charge >= 0.3 is 5.97 Å². The van der Waals surface area contributed by atoms with Crippen molar-refractivity contribution in [1.29, 1.82) is 0 Å². The van der Waals surface area contributed by atoms with Gasteiger partial charge in [-0.3, -0.25) is 4.99 Å². The zero-order valence-corrected chi connectivity index (χ0v) is 9.93. The number of rotatable bonds is 3. The number of hydrogen-bond acceptors (Lipinski definition) is 3. The highest BCUT2D eigenvalue weighted by molar-refractivity contribution is 5.88. The van der Waals surface area contributed by atoms with E-state index in [4.69, 9.17) is 9.84 Å². The van der Waals surface area contributed by atoms with Gasteiger partial charge in [0.05, 0.1) is 11.8 Å². The number of para-hydroxylation sites is 1. The summed E-state index contributed by atoms with van der Waals surface area (Å²) < 4.78 is 5.42. The molecule has 1 N–H and O–H groups in total. The number of aliphatic carboxylic acids is 1. The van der Waals surface area contributed by atoms with Crippen LogP contribution in [-0.4, -0.2) is 23.4 Å². The number of carbonyl (C=O) groups is 1. The van der Waals surface area contributed by atoms with Crippen molar-refractivity contribution in [2.75, 3.05) is 6.61 Å². The van der Waals surface area contributed by atoms with Gasteiger partial charge in [-0.15, -0.1) is 0 Å². The zero-order chi connectivity index (χ0) is 12.4. The highest BCUT2D eigenvalue weighted by Crippen LogP contribution is 2.37. The molecule has 4 heteroatoms. The fraction of sp³-hybridized carbons (Fsp3) is 0.385. The topological polar surface area (TPSA) is 58.9 Å². The minimum atomic E-state index is -0.945. The monoisotopic (exact) mass is 233 g/mol. The molecule has 1 aliphatic heterocycles. The summed E-state index contributed by atoms with van der Waals surface area (Å²) in [6.07, 6.45) is 0.461. The van der Waals surface area contributed by atoms with E-state index < -0.39 is 5.97 Å². The number of nitrogens with zero attached hydrogens (tertiary/aromatic N) is 1. The maximum absolute atomic E-state index is 10.5. The first kappa shape index (κ1) is 11.8. The van der Waals surface area contributed by atoms with Crippen LogP contribution in [0.25, 0.3) is 0 Å². The van der Waals surface area contributed by atoms with Crippen LogP contribution < -0.4 is 0 Å². The van der Waals surface area contributed by atoms with Crippen molar-refractivity contribution in [3.8, 4) is 0 Å². The fourth-order valence-electron chi connectivity index (χ4n) is 2.03. The second-order valence-corrected chi connectivity index (χ2v) is 4.26. The van der Waals surface area contributed by atoms with Crippen molar-refractivity contribution >= 4 is 17.4 Å². The zero-order valence-electron chi connectivity index (χ0n) is 9.93. The Labute approximate surface area is 99.9 Å². The summed E-state index contributed by atoms with van der Waals surface area (Å²) in [5.74, 6) is -0.945. The van der Waals surface area contributed by atoms with Gasteiger partial charge in [0.2, 0.25) is 0 Å². The fourth-order valence-corrected chi connectivity index (χ4v) is 2.03. The minimum Gasteiger partial charge on any atom is -0.480 e. The van der Waals surface area contributed by atoms with Crippen molar-refractivity contribution in [1.82, 2.24) is 0 Å². The molecule has 2 rings (SSSR count). The van der Waals surface area contributed by atoms with Gasteiger partial charge in [0.1, 0.15) is 6.61 Å². The quantitative estimate of drug-likeness (QED) is 0.873. The number of ether oxygens (including phenoxy) is 1. The average molecular weight is 233 g/mol. The summed E-state index contributed by atoms with van der Waals surface area (Å²) >= 11 is 0. The molecule has 0 aliphatic carbocycles. The standard InChI is InChI=1S/C13H15NO3/c1-8-4-3-5-10-11(17-7-12(15)16)6-9(2)14-13(8)10/h3-5,11H,6-7H2,1-2H3,(H,15,16)/t11-/m0/s1. The Morgan fingerprint density at radius 2 is 2.29 bits per heavy atom. The molecule has 0 saturated heterocycles. The lowest BCUT2D eigenvalue weighted by atomic mass is 9.96. The van der Waals surface area contributed by atoms with Gasteiger partial charge in [-0.2, -0.15) is 0 Å². The predicted octanol–water partition coefficient (Wildman–Crippen LogP) is 2.63. The van der Waals surface area contributed by atoms with Crippen LogP contribution in [0, 0.1) is 6.92 Å². The molecule has 0 unspecified atom stereocenters. The molecular formula is C13H15NO3. The van der Waals surface area contributed by atoms with E-state index in [1.807, 2.05) is 32.0 Å². The summed E-state index contributed by atoms with van der Waals surface area (Å²) in [5, 5.41) is 8.66. The van der Waals surface area contributed by atoms with E-state index in [9.17, 15) is 4.79 Å². The first-order chi connectivity index (χ1) is 8.08. The van der Waals surface area contributed by atoms with Crippen molar-refractivity contribution < 1.29 is 14.6 Å². The van der Waals surface area contributed by atoms with Crippen LogP contribution in [0.5, 0.6) is 0 Å². The molecule has 90 valence electrons. The second kappa shape index (κ2) is 4.67. The molecule has 1 atom stereocenters. The highest BCUT2D eigenvalue weighted by atomic mass is 16.5. The molecule has 17 heavy (non-hydrogen) atoms. The van der Waals surface area contributed by atoms with E-state index >= 15 is 0 Å². The van der Waals surface area contributed by atoms with Crippen molar-refractivity contribution in [3.63, 3.8) is 0 Å². The molecule has 0 amide bonds. The van der Waals surface area contributed by atoms with Gasteiger partial charge in [-0.1, -0.05) is 18.2 Å². The Morgan fingerprint density at radius 1 is 1.53 bits per heavy atom. The third kappa shape index (κ3) is 2.53. The number of carboxylic acids is 1. The Morgan fingerprint density at radius 3 is 3.00 bits per heavy atom. The van der Waals surface area contributed by atoms with E-state index in [0.29, 0.717) is 6.42 Å². The molecule has 0 saturated carbocycles. The summed E-state index contributed by atoms with van der Waals surface area (Å²) in [6.45, 7) is 3.66. The Bertz CT molecular complexity index is 480. The number of hydrogen-bond donors (Lipinski definition) is 1. The molecule has 0 fully saturated rings. The van der Waals surface area contributed by atoms with Gasteiger partial charge in [0.15, 0.2) is 0 Å². The van der Waals surface area contributed by atoms with Gasteiger partial charge in [-0.05, 0) is 19.4 Å². The highest BCUT2D eigenvalue weighted by Gasteiger charge is 2.23. The van der Waals surface area contributed by atoms with Crippen molar-refractivity contribution in [2.45, 2.75) is 26.4 Å². The van der Waals surface area contributed by atoms with Crippen molar-refractivity contribution in [3.05, 3.63) is 29.3 Å². The molecule has 4 nitrogen and oxygen atoms in total. The van der Waals surface area contributed by atoms with Crippen LogP contribution in [0.2, 0.25) is 0 Å². The lowest BCUT2D eigenvalue weighted by molar-refractivity contribution is -0.144. The number of aryl methyl sites for hydroxylation is 1. The van der Waals surface area contributed by atoms with E-state index in [-0.39, 0.29) is 12.7 Å². The summed E-state index contributed by atoms with van der Waals surface area (Å²) in [6, 6.07) is 5.89. The predicted molar refractivity (Wildman–Crippen MR) is 64.9 cm³/mol. The van der Waals surface area contributed by atoms with Crippen LogP contribution in [0.4, 0.5) is 5.69 Å². The summed E-state index contributed by atoms with van der Waals surface area (Å²) in [5.41, 5.74) is 3.97. The van der Waals surface area contributed by atoms with Crippen LogP contribution in [0.15, 0.2) is 23.2 Å². The molecule has 1 aromatic rings. The minimum absolute atomic E-state index is 0.196. The largest absolute Gasteiger partial charge is 0.480 e. The van der Waals surface area contributed by atoms with Crippen LogP contribution in [-0.2, 0) is 9.53 Å². The Kier molecular flexibility index (Phi) is 3.24. The molecule has 0 bridgehead atoms. The second-order valence-electron chi connectivity index (χ2n) is 4.26. The third-order valence-corrected chi connectivity index (χ3v) is 2.81. The van der Waals surface area contributed by atoms with Crippen LogP contribution in [0.3, 0.4) is 0 Å². The SMILES string of the molecule is CC1=Nc2c(C)cccc2[C@@H](OCC(=O)O)C1. The van der Waals surface area contributed by atoms with Gasteiger partial charge < -0.3 is 9.84 Å². The lowest BCUT2D eigenvalue weighted by Crippen LogP contribution is -2.17. The molecule has 1 heterocycles. The molecule has 1 aromatic carbocycles. The molecule has 0 aromatic heterocycles. The Balaban J connectivity index is 2.30. The maximum Gasteiger partial charge on any atom is 0.329 e. The van der Waals surface area contributed by atoms with E-state index in [2.05, 4.69) is 4.99 Å². The van der Waals surface area contributed by atoms with Gasteiger partial charge in [0.25, 0.3) is 0 Å². The molecule has 1 aliphatic rings. The number of benzene rings is 1.